The van der Waals surface area contributed by atoms with Crippen molar-refractivity contribution < 1.29 is 14.6 Å². The quantitative estimate of drug-likeness (QED) is 0.647. The van der Waals surface area contributed by atoms with E-state index >= 15 is 0 Å². The zero-order valence-electron chi connectivity index (χ0n) is 6.13. The Kier molecular flexibility index (Phi) is 2.09. The van der Waals surface area contributed by atoms with Crippen molar-refractivity contribution in [3.8, 4) is 0 Å². The molecule has 0 saturated heterocycles. The van der Waals surface area contributed by atoms with Crippen LogP contribution in [0.1, 0.15) is 13.3 Å². The average molecular weight is 177 g/mol. The van der Waals surface area contributed by atoms with E-state index < -0.39 is 11.6 Å². The van der Waals surface area contributed by atoms with Crippen LogP contribution in [0, 0.1) is 0 Å². The van der Waals surface area contributed by atoms with Gasteiger partial charge in [0.1, 0.15) is 5.76 Å². The molecule has 1 aliphatic heterocycles. The van der Waals surface area contributed by atoms with Crippen LogP contribution in [0.4, 0.5) is 0 Å². The van der Waals surface area contributed by atoms with E-state index in [1.54, 1.807) is 6.08 Å². The lowest BCUT2D eigenvalue weighted by Crippen LogP contribution is -2.34. The minimum atomic E-state index is -1.09. The van der Waals surface area contributed by atoms with Gasteiger partial charge in [0, 0.05) is 6.42 Å². The van der Waals surface area contributed by atoms with Crippen molar-refractivity contribution in [3.63, 3.8) is 0 Å². The van der Waals surface area contributed by atoms with Gasteiger partial charge in [0.15, 0.2) is 0 Å². The van der Waals surface area contributed by atoms with Crippen LogP contribution in [0.15, 0.2) is 11.8 Å². The van der Waals surface area contributed by atoms with E-state index in [1.165, 1.54) is 6.92 Å². The molecule has 3 nitrogen and oxygen atoms in total. The fourth-order valence-corrected chi connectivity index (χ4v) is 1.06. The van der Waals surface area contributed by atoms with Gasteiger partial charge in [-0.05, 0) is 13.0 Å². The first-order chi connectivity index (χ1) is 5.08. The summed E-state index contributed by atoms with van der Waals surface area (Å²) in [7, 11) is 0. The Morgan fingerprint density at radius 3 is 2.91 bits per heavy atom. The maximum atomic E-state index is 10.6. The third kappa shape index (κ3) is 1.48. The Morgan fingerprint density at radius 2 is 2.64 bits per heavy atom. The largest absolute Gasteiger partial charge is 0.479 e. The number of hydrogen-bond acceptors (Lipinski definition) is 2. The topological polar surface area (TPSA) is 46.5 Å². The number of rotatable bonds is 2. The molecule has 0 radical (unpaired) electrons. The third-order valence-corrected chi connectivity index (χ3v) is 1.92. The van der Waals surface area contributed by atoms with Crippen LogP contribution in [-0.4, -0.2) is 22.6 Å². The Hall–Kier alpha value is -0.700. The highest BCUT2D eigenvalue weighted by Crippen LogP contribution is 2.28. The van der Waals surface area contributed by atoms with Gasteiger partial charge >= 0.3 is 5.97 Å². The molecule has 62 valence electrons. The molecule has 1 N–H and O–H groups in total. The first-order valence-corrected chi connectivity index (χ1v) is 3.79. The average Bonchev–Trinajstić information content (AvgIpc) is 2.33. The molecule has 1 heterocycles. The van der Waals surface area contributed by atoms with Crippen LogP contribution >= 0.6 is 11.6 Å². The fourth-order valence-electron chi connectivity index (χ4n) is 0.894. The molecule has 0 amide bonds. The molecular weight excluding hydrogens is 168 g/mol. The molecule has 0 aromatic rings. The molecule has 1 rings (SSSR count). The first-order valence-electron chi connectivity index (χ1n) is 3.26. The first kappa shape index (κ1) is 8.40. The lowest BCUT2D eigenvalue weighted by Gasteiger charge is -2.19. The van der Waals surface area contributed by atoms with Gasteiger partial charge in [0.25, 0.3) is 0 Å². The second-order valence-corrected chi connectivity index (χ2v) is 2.91. The van der Waals surface area contributed by atoms with Crippen molar-refractivity contribution in [1.29, 1.82) is 0 Å². The summed E-state index contributed by atoms with van der Waals surface area (Å²) in [5, 5.41) is 8.68. The predicted octanol–water partition coefficient (Wildman–Crippen LogP) is 1.37. The maximum absolute atomic E-state index is 10.6. The molecule has 0 spiro atoms. The standard InChI is InChI=1S/C7H9ClO3/c1-7(6(9)10)3-2-5(4-8)11-7/h2H,3-4H2,1H3,(H,9,10). The van der Waals surface area contributed by atoms with Crippen molar-refractivity contribution in [3.05, 3.63) is 11.8 Å². The van der Waals surface area contributed by atoms with Crippen molar-refractivity contribution in [1.82, 2.24) is 0 Å². The van der Waals surface area contributed by atoms with Gasteiger partial charge in [0.05, 0.1) is 5.88 Å². The van der Waals surface area contributed by atoms with Gasteiger partial charge in [-0.3, -0.25) is 0 Å². The summed E-state index contributed by atoms with van der Waals surface area (Å²) in [5.74, 6) is -0.159. The van der Waals surface area contributed by atoms with Gasteiger partial charge in [-0.25, -0.2) is 4.79 Å². The second kappa shape index (κ2) is 2.74. The van der Waals surface area contributed by atoms with E-state index in [0.29, 0.717) is 12.2 Å². The summed E-state index contributed by atoms with van der Waals surface area (Å²) >= 11 is 5.45. The summed E-state index contributed by atoms with van der Waals surface area (Å²) in [4.78, 5) is 10.6. The van der Waals surface area contributed by atoms with Crippen molar-refractivity contribution in [2.24, 2.45) is 0 Å². The molecule has 1 aliphatic rings. The number of allylic oxidation sites excluding steroid dienone is 1. The van der Waals surface area contributed by atoms with E-state index in [4.69, 9.17) is 21.4 Å². The van der Waals surface area contributed by atoms with Crippen LogP contribution < -0.4 is 0 Å². The highest BCUT2D eigenvalue weighted by molar-refractivity contribution is 6.19. The van der Waals surface area contributed by atoms with Gasteiger partial charge in [-0.15, -0.1) is 11.6 Å². The number of ether oxygens (including phenoxy) is 1. The normalized spacial score (nSPS) is 29.5. The summed E-state index contributed by atoms with van der Waals surface area (Å²) in [6, 6.07) is 0. The highest BCUT2D eigenvalue weighted by Gasteiger charge is 2.38. The number of hydrogen-bond donors (Lipinski definition) is 1. The summed E-state index contributed by atoms with van der Waals surface area (Å²) in [6.45, 7) is 1.53. The zero-order chi connectivity index (χ0) is 8.48. The number of carboxylic acid groups (broad SMARTS) is 1. The molecule has 0 aromatic carbocycles. The van der Waals surface area contributed by atoms with Gasteiger partial charge < -0.3 is 9.84 Å². The fraction of sp³-hybridized carbons (Fsp3) is 0.571. The van der Waals surface area contributed by atoms with Gasteiger partial charge in [-0.2, -0.15) is 0 Å². The van der Waals surface area contributed by atoms with Gasteiger partial charge in [-0.1, -0.05) is 0 Å². The SMILES string of the molecule is CC1(C(=O)O)CC=C(CCl)O1. The number of aliphatic carboxylic acids is 1. The predicted molar refractivity (Wildman–Crippen MR) is 40.5 cm³/mol. The van der Waals surface area contributed by atoms with Crippen LogP contribution in [-0.2, 0) is 9.53 Å². The Morgan fingerprint density at radius 1 is 2.00 bits per heavy atom. The minimum absolute atomic E-state index is 0.239. The van der Waals surface area contributed by atoms with Gasteiger partial charge in [0.2, 0.25) is 5.60 Å². The molecule has 0 fully saturated rings. The van der Waals surface area contributed by atoms with E-state index in [9.17, 15) is 4.79 Å². The van der Waals surface area contributed by atoms with E-state index in [-0.39, 0.29) is 5.88 Å². The summed E-state index contributed by atoms with van der Waals surface area (Å²) < 4.78 is 5.09. The smallest absolute Gasteiger partial charge is 0.348 e. The number of carboxylic acids is 1. The lowest BCUT2D eigenvalue weighted by molar-refractivity contribution is -0.156. The highest BCUT2D eigenvalue weighted by atomic mass is 35.5. The maximum Gasteiger partial charge on any atom is 0.348 e. The number of alkyl halides is 1. The summed E-state index contributed by atoms with van der Waals surface area (Å²) in [5.41, 5.74) is -1.09. The second-order valence-electron chi connectivity index (χ2n) is 2.65. The Balaban J connectivity index is 2.64. The molecule has 11 heavy (non-hydrogen) atoms. The van der Waals surface area contributed by atoms with Crippen LogP contribution in [0.5, 0.6) is 0 Å². The zero-order valence-corrected chi connectivity index (χ0v) is 6.89. The Labute approximate surface area is 69.6 Å². The molecule has 1 atom stereocenters. The van der Waals surface area contributed by atoms with Crippen molar-refractivity contribution in [2.45, 2.75) is 18.9 Å². The third-order valence-electron chi connectivity index (χ3n) is 1.66. The van der Waals surface area contributed by atoms with Crippen LogP contribution in [0.2, 0.25) is 0 Å². The lowest BCUT2D eigenvalue weighted by atomic mass is 10.1. The minimum Gasteiger partial charge on any atom is -0.479 e. The van der Waals surface area contributed by atoms with E-state index in [1.807, 2.05) is 0 Å². The van der Waals surface area contributed by atoms with Crippen LogP contribution in [0.3, 0.4) is 0 Å². The van der Waals surface area contributed by atoms with E-state index in [2.05, 4.69) is 0 Å². The summed E-state index contributed by atoms with van der Waals surface area (Å²) in [6.07, 6.45) is 2.10. The molecule has 0 aliphatic carbocycles. The van der Waals surface area contributed by atoms with Crippen molar-refractivity contribution >= 4 is 17.6 Å². The van der Waals surface area contributed by atoms with Crippen LogP contribution in [0.25, 0.3) is 0 Å². The number of halogens is 1. The monoisotopic (exact) mass is 176 g/mol. The van der Waals surface area contributed by atoms with E-state index in [0.717, 1.165) is 0 Å². The Bertz CT molecular complexity index is 212. The molecule has 4 heteroatoms. The molecule has 0 saturated carbocycles. The molecule has 0 bridgehead atoms. The molecule has 1 unspecified atom stereocenters. The number of carbonyl (C=O) groups is 1. The van der Waals surface area contributed by atoms with Crippen molar-refractivity contribution in [2.75, 3.05) is 5.88 Å². The molecular formula is C7H9ClO3. The molecule has 0 aromatic heterocycles.